The third kappa shape index (κ3) is 3.81. The Morgan fingerprint density at radius 2 is 1.94 bits per heavy atom. The van der Waals surface area contributed by atoms with Crippen LogP contribution in [0, 0.1) is 11.8 Å². The highest BCUT2D eigenvalue weighted by Gasteiger charge is 2.21. The molecule has 18 heavy (non-hydrogen) atoms. The summed E-state index contributed by atoms with van der Waals surface area (Å²) in [6.45, 7) is 9.44. The van der Waals surface area contributed by atoms with Crippen LogP contribution in [-0.4, -0.2) is 25.0 Å². The van der Waals surface area contributed by atoms with Gasteiger partial charge in [-0.3, -0.25) is 4.90 Å². The Morgan fingerprint density at radius 3 is 2.56 bits per heavy atom. The second-order valence-electron chi connectivity index (χ2n) is 5.76. The average molecular weight is 266 g/mol. The lowest BCUT2D eigenvalue weighted by molar-refractivity contribution is 0.153. The molecule has 2 nitrogen and oxygen atoms in total. The zero-order chi connectivity index (χ0) is 13.0. The number of hydrogen-bond donors (Lipinski definition) is 1. The van der Waals surface area contributed by atoms with Crippen molar-refractivity contribution < 1.29 is 0 Å². The van der Waals surface area contributed by atoms with Crippen molar-refractivity contribution in [3.63, 3.8) is 0 Å². The molecule has 1 fully saturated rings. The number of nitrogens with zero attached hydrogens (tertiary/aromatic N) is 1. The standard InChI is InChI=1S/C15H26N2S/c1-12(2)13-6-8-17(9-7-13)11-15-5-4-14(18-15)10-16-3/h4-5,12-13,16H,6-11H2,1-3H3. The molecule has 0 saturated carbocycles. The summed E-state index contributed by atoms with van der Waals surface area (Å²) in [6.07, 6.45) is 2.76. The molecule has 0 radical (unpaired) electrons. The fourth-order valence-electron chi connectivity index (χ4n) is 2.77. The van der Waals surface area contributed by atoms with Gasteiger partial charge in [-0.15, -0.1) is 11.3 Å². The first kappa shape index (κ1) is 14.0. The Balaban J connectivity index is 1.80. The summed E-state index contributed by atoms with van der Waals surface area (Å²) in [7, 11) is 2.01. The molecular formula is C15H26N2S. The summed E-state index contributed by atoms with van der Waals surface area (Å²) in [6, 6.07) is 4.56. The van der Waals surface area contributed by atoms with Crippen LogP contribution in [0.4, 0.5) is 0 Å². The van der Waals surface area contributed by atoms with Crippen molar-refractivity contribution in [2.45, 2.75) is 39.8 Å². The second-order valence-corrected chi connectivity index (χ2v) is 7.01. The molecule has 1 aromatic heterocycles. The Morgan fingerprint density at radius 1 is 1.28 bits per heavy atom. The molecule has 0 aromatic carbocycles. The molecular weight excluding hydrogens is 240 g/mol. The normalized spacial score (nSPS) is 18.7. The van der Waals surface area contributed by atoms with Gasteiger partial charge >= 0.3 is 0 Å². The maximum atomic E-state index is 3.22. The predicted octanol–water partition coefficient (Wildman–Crippen LogP) is 3.34. The minimum absolute atomic E-state index is 0.858. The summed E-state index contributed by atoms with van der Waals surface area (Å²) in [5, 5.41) is 3.22. The molecule has 1 aliphatic rings. The van der Waals surface area contributed by atoms with Crippen molar-refractivity contribution in [3.05, 3.63) is 21.9 Å². The van der Waals surface area contributed by atoms with E-state index in [2.05, 4.69) is 36.2 Å². The summed E-state index contributed by atoms with van der Waals surface area (Å²) in [5.41, 5.74) is 0. The molecule has 1 aromatic rings. The van der Waals surface area contributed by atoms with Crippen molar-refractivity contribution >= 4 is 11.3 Å². The lowest BCUT2D eigenvalue weighted by Gasteiger charge is -2.33. The van der Waals surface area contributed by atoms with Crippen LogP contribution < -0.4 is 5.32 Å². The van der Waals surface area contributed by atoms with Gasteiger partial charge in [0.25, 0.3) is 0 Å². The van der Waals surface area contributed by atoms with Crippen molar-refractivity contribution in [3.8, 4) is 0 Å². The number of hydrogen-bond acceptors (Lipinski definition) is 3. The van der Waals surface area contributed by atoms with Crippen LogP contribution in [0.2, 0.25) is 0 Å². The number of thiophene rings is 1. The molecule has 0 unspecified atom stereocenters. The van der Waals surface area contributed by atoms with E-state index in [0.29, 0.717) is 0 Å². The van der Waals surface area contributed by atoms with Gasteiger partial charge < -0.3 is 5.32 Å². The van der Waals surface area contributed by atoms with Gasteiger partial charge in [-0.25, -0.2) is 0 Å². The van der Waals surface area contributed by atoms with E-state index in [1.54, 1.807) is 0 Å². The number of piperidine rings is 1. The SMILES string of the molecule is CNCc1ccc(CN2CCC(C(C)C)CC2)s1. The van der Waals surface area contributed by atoms with Gasteiger partial charge in [-0.2, -0.15) is 0 Å². The van der Waals surface area contributed by atoms with E-state index in [1.165, 1.54) is 35.7 Å². The lowest BCUT2D eigenvalue weighted by Crippen LogP contribution is -2.34. The van der Waals surface area contributed by atoms with Gasteiger partial charge in [0, 0.05) is 22.8 Å². The first-order valence-electron chi connectivity index (χ1n) is 7.13. The minimum Gasteiger partial charge on any atom is -0.315 e. The zero-order valence-electron chi connectivity index (χ0n) is 11.9. The largest absolute Gasteiger partial charge is 0.315 e. The smallest absolute Gasteiger partial charge is 0.0328 e. The molecule has 0 spiro atoms. The van der Waals surface area contributed by atoms with Crippen LogP contribution in [0.1, 0.15) is 36.4 Å². The fourth-order valence-corrected chi connectivity index (χ4v) is 3.85. The summed E-state index contributed by atoms with van der Waals surface area (Å²) < 4.78 is 0. The molecule has 1 saturated heterocycles. The molecule has 2 heterocycles. The van der Waals surface area contributed by atoms with E-state index in [4.69, 9.17) is 0 Å². The van der Waals surface area contributed by atoms with Crippen LogP contribution >= 0.6 is 11.3 Å². The van der Waals surface area contributed by atoms with Gasteiger partial charge in [0.05, 0.1) is 0 Å². The first-order valence-corrected chi connectivity index (χ1v) is 7.95. The number of nitrogens with one attached hydrogen (secondary N) is 1. The monoisotopic (exact) mass is 266 g/mol. The lowest BCUT2D eigenvalue weighted by atomic mass is 9.87. The van der Waals surface area contributed by atoms with Crippen LogP contribution in [0.3, 0.4) is 0 Å². The van der Waals surface area contributed by atoms with E-state index < -0.39 is 0 Å². The first-order chi connectivity index (χ1) is 8.69. The van der Waals surface area contributed by atoms with E-state index in [9.17, 15) is 0 Å². The van der Waals surface area contributed by atoms with Crippen LogP contribution in [0.25, 0.3) is 0 Å². The fraction of sp³-hybridized carbons (Fsp3) is 0.733. The molecule has 102 valence electrons. The number of rotatable bonds is 5. The highest BCUT2D eigenvalue weighted by molar-refractivity contribution is 7.11. The molecule has 3 heteroatoms. The van der Waals surface area contributed by atoms with E-state index >= 15 is 0 Å². The third-order valence-electron chi connectivity index (χ3n) is 4.02. The molecule has 2 rings (SSSR count). The number of likely N-dealkylation sites (tertiary alicyclic amines) is 1. The molecule has 0 atom stereocenters. The van der Waals surface area contributed by atoms with Gasteiger partial charge in [-0.05, 0) is 56.9 Å². The maximum Gasteiger partial charge on any atom is 0.0328 e. The Bertz CT molecular complexity index is 351. The third-order valence-corrected chi connectivity index (χ3v) is 5.09. The second kappa shape index (κ2) is 6.69. The minimum atomic E-state index is 0.858. The topological polar surface area (TPSA) is 15.3 Å². The molecule has 1 N–H and O–H groups in total. The summed E-state index contributed by atoms with van der Waals surface area (Å²) in [4.78, 5) is 5.58. The van der Waals surface area contributed by atoms with E-state index in [-0.39, 0.29) is 0 Å². The summed E-state index contributed by atoms with van der Waals surface area (Å²) in [5.74, 6) is 1.81. The molecule has 0 bridgehead atoms. The van der Waals surface area contributed by atoms with Crippen molar-refractivity contribution in [2.75, 3.05) is 20.1 Å². The molecule has 0 aliphatic carbocycles. The van der Waals surface area contributed by atoms with Gasteiger partial charge in [0.1, 0.15) is 0 Å². The van der Waals surface area contributed by atoms with Crippen molar-refractivity contribution in [2.24, 2.45) is 11.8 Å². The Hall–Kier alpha value is -0.380. The highest BCUT2D eigenvalue weighted by atomic mass is 32.1. The van der Waals surface area contributed by atoms with Gasteiger partial charge in [0.15, 0.2) is 0 Å². The van der Waals surface area contributed by atoms with Crippen molar-refractivity contribution in [1.82, 2.24) is 10.2 Å². The Kier molecular flexibility index (Phi) is 5.22. The predicted molar refractivity (Wildman–Crippen MR) is 79.9 cm³/mol. The average Bonchev–Trinajstić information content (AvgIpc) is 2.78. The van der Waals surface area contributed by atoms with E-state index in [1.807, 2.05) is 18.4 Å². The molecule has 1 aliphatic heterocycles. The van der Waals surface area contributed by atoms with Crippen LogP contribution in [-0.2, 0) is 13.1 Å². The van der Waals surface area contributed by atoms with E-state index in [0.717, 1.165) is 24.9 Å². The Labute approximate surface area is 115 Å². The highest BCUT2D eigenvalue weighted by Crippen LogP contribution is 2.26. The van der Waals surface area contributed by atoms with Gasteiger partial charge in [-0.1, -0.05) is 13.8 Å². The summed E-state index contributed by atoms with van der Waals surface area (Å²) >= 11 is 1.95. The van der Waals surface area contributed by atoms with Crippen molar-refractivity contribution in [1.29, 1.82) is 0 Å². The maximum absolute atomic E-state index is 3.22. The van der Waals surface area contributed by atoms with Gasteiger partial charge in [0.2, 0.25) is 0 Å². The molecule has 0 amide bonds. The quantitative estimate of drug-likeness (QED) is 0.879. The van der Waals surface area contributed by atoms with Crippen LogP contribution in [0.5, 0.6) is 0 Å². The zero-order valence-corrected chi connectivity index (χ0v) is 12.7. The van der Waals surface area contributed by atoms with Crippen LogP contribution in [0.15, 0.2) is 12.1 Å².